The maximum atomic E-state index is 13.3. The summed E-state index contributed by atoms with van der Waals surface area (Å²) in [6, 6.07) is 12.8. The van der Waals surface area contributed by atoms with Crippen LogP contribution in [0.25, 0.3) is 10.9 Å². The molecule has 0 saturated carbocycles. The number of fused-ring (bicyclic) bond motifs is 1. The highest BCUT2D eigenvalue weighted by Crippen LogP contribution is 2.26. The highest BCUT2D eigenvalue weighted by molar-refractivity contribution is 7.92. The second-order valence-electron chi connectivity index (χ2n) is 6.83. The molecule has 29 heavy (non-hydrogen) atoms. The Morgan fingerprint density at radius 3 is 2.41 bits per heavy atom. The van der Waals surface area contributed by atoms with Crippen LogP contribution in [0.1, 0.15) is 27.6 Å². The van der Waals surface area contributed by atoms with E-state index in [0.29, 0.717) is 16.6 Å². The summed E-state index contributed by atoms with van der Waals surface area (Å²) in [5.74, 6) is -1.05. The number of aromatic nitrogens is 1. The van der Waals surface area contributed by atoms with Crippen LogP contribution in [0.4, 0.5) is 5.69 Å². The number of hydrogen-bond acceptors (Lipinski definition) is 5. The average molecular weight is 414 g/mol. The van der Waals surface area contributed by atoms with E-state index in [1.807, 2.05) is 13.0 Å². The Labute approximate surface area is 169 Å². The first kappa shape index (κ1) is 20.6. The van der Waals surface area contributed by atoms with E-state index >= 15 is 0 Å². The monoisotopic (exact) mass is 414 g/mol. The van der Waals surface area contributed by atoms with Crippen LogP contribution in [0, 0.1) is 6.92 Å². The molecule has 3 aromatic rings. The normalized spacial score (nSPS) is 12.6. The highest BCUT2D eigenvalue weighted by atomic mass is 32.2. The fourth-order valence-corrected chi connectivity index (χ4v) is 4.56. The molecule has 8 heteroatoms. The number of benzene rings is 2. The summed E-state index contributed by atoms with van der Waals surface area (Å²) in [6.07, 6.45) is 2.46. The largest absolute Gasteiger partial charge is 0.465 e. The molecule has 7 nitrogen and oxygen atoms in total. The Morgan fingerprint density at radius 2 is 1.79 bits per heavy atom. The van der Waals surface area contributed by atoms with E-state index in [1.54, 1.807) is 42.5 Å². The zero-order valence-electron chi connectivity index (χ0n) is 16.6. The van der Waals surface area contributed by atoms with Crippen molar-refractivity contribution >= 4 is 38.5 Å². The third-order valence-electron chi connectivity index (χ3n) is 4.68. The average Bonchev–Trinajstić information content (AvgIpc) is 3.05. The molecule has 3 rings (SSSR count). The van der Waals surface area contributed by atoms with Gasteiger partial charge in [-0.05, 0) is 37.6 Å². The van der Waals surface area contributed by atoms with Gasteiger partial charge in [0.25, 0.3) is 5.91 Å². The zero-order valence-corrected chi connectivity index (χ0v) is 17.4. The highest BCUT2D eigenvalue weighted by Gasteiger charge is 2.31. The van der Waals surface area contributed by atoms with Gasteiger partial charge < -0.3 is 4.74 Å². The lowest BCUT2D eigenvalue weighted by atomic mass is 10.2. The molecule has 0 fully saturated rings. The molecule has 0 aliphatic heterocycles. The number of ether oxygens (including phenoxy) is 1. The lowest BCUT2D eigenvalue weighted by Gasteiger charge is -2.28. The summed E-state index contributed by atoms with van der Waals surface area (Å²) in [4.78, 5) is 25.5. The fraction of sp³-hybridized carbons (Fsp3) is 0.238. The van der Waals surface area contributed by atoms with Crippen molar-refractivity contribution in [2.24, 2.45) is 0 Å². The van der Waals surface area contributed by atoms with Crippen molar-refractivity contribution in [1.82, 2.24) is 4.57 Å². The van der Waals surface area contributed by atoms with Crippen molar-refractivity contribution in [2.75, 3.05) is 17.7 Å². The number of para-hydroxylation sites is 1. The minimum atomic E-state index is -3.75. The Balaban J connectivity index is 2.13. The van der Waals surface area contributed by atoms with Gasteiger partial charge in [-0.3, -0.25) is 13.7 Å². The van der Waals surface area contributed by atoms with Crippen LogP contribution in [0.15, 0.2) is 54.7 Å². The number of sulfonamides is 1. The maximum absolute atomic E-state index is 13.3. The van der Waals surface area contributed by atoms with Gasteiger partial charge >= 0.3 is 5.97 Å². The standard InChI is InChI=1S/C21H22N2O5S/c1-14-8-7-9-16(12-14)23(29(4,26)27)15(2)20(24)22-13-18(21(25)28-3)17-10-5-6-11-19(17)22/h5-13,15H,1-4H3/t15-/m1/s1. The minimum Gasteiger partial charge on any atom is -0.465 e. The second-order valence-corrected chi connectivity index (χ2v) is 8.69. The Bertz CT molecular complexity index is 1200. The number of nitrogens with zero attached hydrogens (tertiary/aromatic N) is 2. The van der Waals surface area contributed by atoms with Crippen molar-refractivity contribution < 1.29 is 22.7 Å². The molecule has 0 bridgehead atoms. The van der Waals surface area contributed by atoms with Crippen molar-refractivity contribution in [3.8, 4) is 0 Å². The number of carbonyl (C=O) groups excluding carboxylic acids is 2. The molecule has 1 heterocycles. The van der Waals surface area contributed by atoms with E-state index in [2.05, 4.69) is 0 Å². The molecule has 0 saturated heterocycles. The third kappa shape index (κ3) is 3.88. The van der Waals surface area contributed by atoms with Gasteiger partial charge in [0.15, 0.2) is 0 Å². The molecule has 1 aromatic heterocycles. The summed E-state index contributed by atoms with van der Waals surface area (Å²) in [7, 11) is -2.48. The Hall–Kier alpha value is -3.13. The number of hydrogen-bond donors (Lipinski definition) is 0. The lowest BCUT2D eigenvalue weighted by molar-refractivity contribution is 0.0603. The smallest absolute Gasteiger partial charge is 0.340 e. The summed E-state index contributed by atoms with van der Waals surface area (Å²) < 4.78 is 32.3. The predicted molar refractivity (Wildman–Crippen MR) is 112 cm³/mol. The van der Waals surface area contributed by atoms with E-state index in [0.717, 1.165) is 16.1 Å². The van der Waals surface area contributed by atoms with Crippen LogP contribution in [0.5, 0.6) is 0 Å². The van der Waals surface area contributed by atoms with Gasteiger partial charge in [-0.2, -0.15) is 0 Å². The number of methoxy groups -OCH3 is 1. The molecule has 152 valence electrons. The minimum absolute atomic E-state index is 0.241. The van der Waals surface area contributed by atoms with E-state index in [-0.39, 0.29) is 5.56 Å². The van der Waals surface area contributed by atoms with Gasteiger partial charge in [0.1, 0.15) is 6.04 Å². The predicted octanol–water partition coefficient (Wildman–Crippen LogP) is 3.23. The number of aryl methyl sites for hydroxylation is 1. The molecular weight excluding hydrogens is 392 g/mol. The quantitative estimate of drug-likeness (QED) is 0.599. The van der Waals surface area contributed by atoms with Gasteiger partial charge in [-0.1, -0.05) is 30.3 Å². The number of rotatable bonds is 5. The molecule has 2 aromatic carbocycles. The molecule has 0 radical (unpaired) electrons. The summed E-state index contributed by atoms with van der Waals surface area (Å²) in [6.45, 7) is 3.37. The molecule has 0 spiro atoms. The lowest BCUT2D eigenvalue weighted by Crippen LogP contribution is -2.44. The molecule has 1 atom stereocenters. The van der Waals surface area contributed by atoms with Crippen LogP contribution in [-0.4, -0.2) is 44.3 Å². The molecule has 0 aliphatic rings. The SMILES string of the molecule is COC(=O)c1cn(C(=O)[C@@H](C)N(c2cccc(C)c2)S(C)(=O)=O)c2ccccc12. The molecular formula is C21H22N2O5S. The van der Waals surface area contributed by atoms with Crippen LogP contribution < -0.4 is 4.31 Å². The molecule has 0 amide bonds. The van der Waals surface area contributed by atoms with E-state index in [1.165, 1.54) is 24.8 Å². The van der Waals surface area contributed by atoms with Crippen molar-refractivity contribution in [2.45, 2.75) is 19.9 Å². The number of anilines is 1. The molecule has 0 aliphatic carbocycles. The van der Waals surface area contributed by atoms with Crippen LogP contribution >= 0.6 is 0 Å². The molecule has 0 unspecified atom stereocenters. The van der Waals surface area contributed by atoms with Gasteiger partial charge in [0, 0.05) is 11.6 Å². The van der Waals surface area contributed by atoms with Gasteiger partial charge in [0.05, 0.1) is 30.1 Å². The van der Waals surface area contributed by atoms with Crippen LogP contribution in [0.2, 0.25) is 0 Å². The zero-order chi connectivity index (χ0) is 21.3. The first-order valence-corrected chi connectivity index (χ1v) is 10.8. The van der Waals surface area contributed by atoms with Crippen molar-refractivity contribution in [1.29, 1.82) is 0 Å². The van der Waals surface area contributed by atoms with Crippen LogP contribution in [0.3, 0.4) is 0 Å². The van der Waals surface area contributed by atoms with Crippen molar-refractivity contribution in [3.05, 3.63) is 65.9 Å². The number of esters is 1. The first-order chi connectivity index (χ1) is 13.6. The van der Waals surface area contributed by atoms with Crippen LogP contribution in [-0.2, 0) is 14.8 Å². The fourth-order valence-electron chi connectivity index (χ4n) is 3.40. The maximum Gasteiger partial charge on any atom is 0.340 e. The van der Waals surface area contributed by atoms with E-state index in [9.17, 15) is 18.0 Å². The topological polar surface area (TPSA) is 85.7 Å². The van der Waals surface area contributed by atoms with E-state index < -0.39 is 27.9 Å². The first-order valence-electron chi connectivity index (χ1n) is 8.94. The van der Waals surface area contributed by atoms with Gasteiger partial charge in [0.2, 0.25) is 10.0 Å². The Kier molecular flexibility index (Phi) is 5.48. The summed E-state index contributed by atoms with van der Waals surface area (Å²) in [5.41, 5.74) is 2.01. The Morgan fingerprint density at radius 1 is 1.10 bits per heavy atom. The molecule has 0 N–H and O–H groups in total. The van der Waals surface area contributed by atoms with Gasteiger partial charge in [-0.25, -0.2) is 13.2 Å². The van der Waals surface area contributed by atoms with E-state index in [4.69, 9.17) is 4.74 Å². The number of carbonyl (C=O) groups is 2. The summed E-state index contributed by atoms with van der Waals surface area (Å²) >= 11 is 0. The second kappa shape index (κ2) is 7.71. The third-order valence-corrected chi connectivity index (χ3v) is 5.92. The van der Waals surface area contributed by atoms with Crippen molar-refractivity contribution in [3.63, 3.8) is 0 Å². The summed E-state index contributed by atoms with van der Waals surface area (Å²) in [5, 5.41) is 0.557. The van der Waals surface area contributed by atoms with Gasteiger partial charge in [-0.15, -0.1) is 0 Å².